The number of hydrogen-bond donors (Lipinski definition) is 0. The first kappa shape index (κ1) is 16.2. The van der Waals surface area contributed by atoms with Gasteiger partial charge in [0.1, 0.15) is 28.9 Å². The van der Waals surface area contributed by atoms with E-state index in [1.807, 2.05) is 55.5 Å². The average molecular weight is 346 g/mol. The third-order valence-corrected chi connectivity index (χ3v) is 4.27. The molecule has 0 aliphatic carbocycles. The topological polar surface area (TPSA) is 44.8 Å². The number of hydrogen-bond acceptors (Lipinski definition) is 4. The van der Waals surface area contributed by atoms with Crippen molar-refractivity contribution in [2.75, 3.05) is 6.61 Å². The number of esters is 1. The lowest BCUT2D eigenvalue weighted by molar-refractivity contribution is -0.135. The summed E-state index contributed by atoms with van der Waals surface area (Å²) in [5, 5.41) is 0. The highest BCUT2D eigenvalue weighted by molar-refractivity contribution is 5.87. The third kappa shape index (κ3) is 3.02. The van der Waals surface area contributed by atoms with E-state index in [0.29, 0.717) is 23.9 Å². The molecule has 0 saturated heterocycles. The molecule has 1 aliphatic heterocycles. The molecule has 26 heavy (non-hydrogen) atoms. The second-order valence-corrected chi connectivity index (χ2v) is 5.94. The number of benzene rings is 3. The summed E-state index contributed by atoms with van der Waals surface area (Å²) in [4.78, 5) is 13.0. The Morgan fingerprint density at radius 3 is 1.96 bits per heavy atom. The molecule has 3 aromatic rings. The molecule has 0 atom stereocenters. The Labute approximate surface area is 152 Å². The van der Waals surface area contributed by atoms with E-state index in [9.17, 15) is 4.79 Å². The van der Waals surface area contributed by atoms with Crippen LogP contribution < -0.4 is 14.2 Å². The van der Waals surface area contributed by atoms with Crippen molar-refractivity contribution < 1.29 is 19.0 Å². The molecule has 0 N–H and O–H groups in total. The van der Waals surface area contributed by atoms with Crippen LogP contribution in [0.3, 0.4) is 0 Å². The van der Waals surface area contributed by atoms with Gasteiger partial charge in [-0.2, -0.15) is 0 Å². The number of ether oxygens (including phenoxy) is 3. The first-order valence-electron chi connectivity index (χ1n) is 8.56. The van der Waals surface area contributed by atoms with Gasteiger partial charge in [-0.3, -0.25) is 4.79 Å². The molecular formula is C22H18O4. The van der Waals surface area contributed by atoms with E-state index in [2.05, 4.69) is 0 Å². The molecule has 0 amide bonds. The highest BCUT2D eigenvalue weighted by atomic mass is 16.5. The van der Waals surface area contributed by atoms with E-state index in [4.69, 9.17) is 14.2 Å². The predicted octanol–water partition coefficient (Wildman–Crippen LogP) is 4.93. The highest BCUT2D eigenvalue weighted by Crippen LogP contribution is 2.44. The lowest BCUT2D eigenvalue weighted by Crippen LogP contribution is -2.23. The quantitative estimate of drug-likeness (QED) is 0.496. The van der Waals surface area contributed by atoms with Gasteiger partial charge in [0.05, 0.1) is 6.61 Å². The maximum atomic E-state index is 13.0. The molecule has 0 bridgehead atoms. The Hall–Kier alpha value is -3.27. The first-order chi connectivity index (χ1) is 12.8. The zero-order valence-electron chi connectivity index (χ0n) is 14.3. The smallest absolute Gasteiger partial charge is 0.323 e. The standard InChI is InChI=1S/C22H18O4/c1-2-24-15-11-13-16(14-12-15)25-22(23)21-17-7-3-5-9-19(17)26-20-10-6-4-8-18(20)21/h3-14,21H,2H2,1H3. The molecule has 0 fully saturated rings. The van der Waals surface area contributed by atoms with E-state index in [0.717, 1.165) is 16.9 Å². The van der Waals surface area contributed by atoms with Crippen molar-refractivity contribution in [1.29, 1.82) is 0 Å². The van der Waals surface area contributed by atoms with Crippen LogP contribution in [0.4, 0.5) is 0 Å². The van der Waals surface area contributed by atoms with Gasteiger partial charge < -0.3 is 14.2 Å². The predicted molar refractivity (Wildman–Crippen MR) is 98.0 cm³/mol. The van der Waals surface area contributed by atoms with Crippen LogP contribution in [0.25, 0.3) is 0 Å². The van der Waals surface area contributed by atoms with Gasteiger partial charge in [-0.05, 0) is 43.3 Å². The summed E-state index contributed by atoms with van der Waals surface area (Å²) >= 11 is 0. The number of fused-ring (bicyclic) bond motifs is 2. The Morgan fingerprint density at radius 1 is 0.846 bits per heavy atom. The molecule has 4 nitrogen and oxygen atoms in total. The number of carbonyl (C=O) groups excluding carboxylic acids is 1. The Morgan fingerprint density at radius 2 is 1.38 bits per heavy atom. The van der Waals surface area contributed by atoms with E-state index in [1.54, 1.807) is 24.3 Å². The van der Waals surface area contributed by atoms with Gasteiger partial charge in [0.15, 0.2) is 0 Å². The summed E-state index contributed by atoms with van der Waals surface area (Å²) in [5.74, 6) is 1.73. The Kier molecular flexibility index (Phi) is 4.32. The molecule has 1 aliphatic rings. The minimum Gasteiger partial charge on any atom is -0.494 e. The third-order valence-electron chi connectivity index (χ3n) is 4.27. The second-order valence-electron chi connectivity index (χ2n) is 5.94. The van der Waals surface area contributed by atoms with Crippen LogP contribution in [0.5, 0.6) is 23.0 Å². The molecule has 0 unspecified atom stereocenters. The van der Waals surface area contributed by atoms with Gasteiger partial charge >= 0.3 is 5.97 Å². The van der Waals surface area contributed by atoms with Crippen molar-refractivity contribution in [2.45, 2.75) is 12.8 Å². The van der Waals surface area contributed by atoms with Crippen LogP contribution >= 0.6 is 0 Å². The lowest BCUT2D eigenvalue weighted by atomic mass is 9.88. The number of rotatable bonds is 4. The monoisotopic (exact) mass is 346 g/mol. The summed E-state index contributed by atoms with van der Waals surface area (Å²) < 4.78 is 17.0. The molecule has 0 saturated carbocycles. The highest BCUT2D eigenvalue weighted by Gasteiger charge is 2.33. The maximum Gasteiger partial charge on any atom is 0.323 e. The Balaban J connectivity index is 1.65. The molecule has 0 spiro atoms. The zero-order valence-corrected chi connectivity index (χ0v) is 14.3. The maximum absolute atomic E-state index is 13.0. The minimum atomic E-state index is -0.525. The second kappa shape index (κ2) is 6.92. The molecule has 0 aromatic heterocycles. The SMILES string of the molecule is CCOc1ccc(OC(=O)C2c3ccccc3Oc3ccccc32)cc1. The van der Waals surface area contributed by atoms with E-state index >= 15 is 0 Å². The van der Waals surface area contributed by atoms with Gasteiger partial charge in [-0.25, -0.2) is 0 Å². The van der Waals surface area contributed by atoms with Gasteiger partial charge in [0.2, 0.25) is 0 Å². The van der Waals surface area contributed by atoms with Crippen molar-refractivity contribution in [3.63, 3.8) is 0 Å². The van der Waals surface area contributed by atoms with E-state index in [-0.39, 0.29) is 5.97 Å². The van der Waals surface area contributed by atoms with Gasteiger partial charge in [-0.15, -0.1) is 0 Å². The Bertz CT molecular complexity index is 885. The fourth-order valence-corrected chi connectivity index (χ4v) is 3.11. The van der Waals surface area contributed by atoms with Crippen molar-refractivity contribution in [1.82, 2.24) is 0 Å². The zero-order chi connectivity index (χ0) is 17.9. The lowest BCUT2D eigenvalue weighted by Gasteiger charge is -2.26. The first-order valence-corrected chi connectivity index (χ1v) is 8.56. The van der Waals surface area contributed by atoms with E-state index in [1.165, 1.54) is 0 Å². The van der Waals surface area contributed by atoms with Crippen LogP contribution in [0.1, 0.15) is 24.0 Å². The summed E-state index contributed by atoms with van der Waals surface area (Å²) in [5.41, 5.74) is 1.62. The summed E-state index contributed by atoms with van der Waals surface area (Å²) in [7, 11) is 0. The molecule has 130 valence electrons. The van der Waals surface area contributed by atoms with Crippen molar-refractivity contribution in [3.05, 3.63) is 83.9 Å². The summed E-state index contributed by atoms with van der Waals surface area (Å²) in [6.07, 6.45) is 0. The molecule has 4 heteroatoms. The van der Waals surface area contributed by atoms with Gasteiger partial charge in [-0.1, -0.05) is 36.4 Å². The fourth-order valence-electron chi connectivity index (χ4n) is 3.11. The minimum absolute atomic E-state index is 0.336. The van der Waals surface area contributed by atoms with Gasteiger partial charge in [0.25, 0.3) is 0 Å². The summed E-state index contributed by atoms with van der Waals surface area (Å²) in [6, 6.07) is 22.1. The number of carbonyl (C=O) groups is 1. The van der Waals surface area contributed by atoms with Crippen LogP contribution in [0.15, 0.2) is 72.8 Å². The van der Waals surface area contributed by atoms with Crippen molar-refractivity contribution in [2.24, 2.45) is 0 Å². The fraction of sp³-hybridized carbons (Fsp3) is 0.136. The molecular weight excluding hydrogens is 328 g/mol. The molecule has 3 aromatic carbocycles. The molecule has 0 radical (unpaired) electrons. The van der Waals surface area contributed by atoms with Crippen LogP contribution in [-0.4, -0.2) is 12.6 Å². The average Bonchev–Trinajstić information content (AvgIpc) is 2.67. The van der Waals surface area contributed by atoms with Crippen molar-refractivity contribution >= 4 is 5.97 Å². The number of para-hydroxylation sites is 2. The van der Waals surface area contributed by atoms with Crippen molar-refractivity contribution in [3.8, 4) is 23.0 Å². The molecule has 4 rings (SSSR count). The molecule has 1 heterocycles. The van der Waals surface area contributed by atoms with Gasteiger partial charge in [0, 0.05) is 11.1 Å². The van der Waals surface area contributed by atoms with Crippen LogP contribution in [0, 0.1) is 0 Å². The van der Waals surface area contributed by atoms with Crippen LogP contribution in [-0.2, 0) is 4.79 Å². The normalized spacial score (nSPS) is 12.5. The summed E-state index contributed by atoms with van der Waals surface area (Å²) in [6.45, 7) is 2.52. The van der Waals surface area contributed by atoms with Crippen LogP contribution in [0.2, 0.25) is 0 Å². The van der Waals surface area contributed by atoms with E-state index < -0.39 is 5.92 Å². The largest absolute Gasteiger partial charge is 0.494 e.